The molecule has 0 saturated carbocycles. The van der Waals surface area contributed by atoms with Crippen LogP contribution in [0.4, 0.5) is 0 Å². The van der Waals surface area contributed by atoms with Crippen molar-refractivity contribution in [2.45, 2.75) is 0 Å². The lowest BCUT2D eigenvalue weighted by Crippen LogP contribution is -1.96. The van der Waals surface area contributed by atoms with Crippen LogP contribution in [-0.4, -0.2) is 16.1 Å². The molecule has 0 saturated heterocycles. The Morgan fingerprint density at radius 3 is 2.26 bits per heavy atom. The van der Waals surface area contributed by atoms with Crippen molar-refractivity contribution in [2.75, 3.05) is 0 Å². The smallest absolute Gasteiger partial charge is 0.153 e. The predicted molar refractivity (Wildman–Crippen MR) is 92.7 cm³/mol. The highest BCUT2D eigenvalue weighted by Crippen LogP contribution is 2.36. The van der Waals surface area contributed by atoms with Gasteiger partial charge in [0.15, 0.2) is 6.29 Å². The molecular weight excluding hydrogens is 284 g/mol. The fourth-order valence-corrected chi connectivity index (χ4v) is 3.45. The summed E-state index contributed by atoms with van der Waals surface area (Å²) in [6.45, 7) is 0. The van der Waals surface area contributed by atoms with E-state index >= 15 is 0 Å². The molecule has 0 spiro atoms. The molecule has 0 amide bonds. The summed E-state index contributed by atoms with van der Waals surface area (Å²) in [7, 11) is 0. The number of benzene rings is 4. The van der Waals surface area contributed by atoms with Crippen molar-refractivity contribution in [2.24, 2.45) is 0 Å². The Labute approximate surface area is 132 Å². The molecule has 1 heterocycles. The molecule has 4 aromatic carbocycles. The number of aldehydes is 1. The lowest BCUT2D eigenvalue weighted by atomic mass is 9.93. The Morgan fingerprint density at radius 2 is 1.52 bits per heavy atom. The molecule has 0 N–H and O–H groups in total. The molecule has 5 aromatic rings. The van der Waals surface area contributed by atoms with E-state index in [1.54, 1.807) is 17.1 Å². The normalized spacial score (nSPS) is 11.7. The van der Waals surface area contributed by atoms with Gasteiger partial charge in [-0.3, -0.25) is 4.79 Å². The number of hydrogen-bond acceptors (Lipinski definition) is 2. The molecule has 3 heteroatoms. The lowest BCUT2D eigenvalue weighted by molar-refractivity contribution is 0.112. The largest absolute Gasteiger partial charge is 0.298 e. The predicted octanol–water partition coefficient (Wildman–Crippen LogP) is 4.58. The van der Waals surface area contributed by atoms with Crippen LogP contribution < -0.4 is 0 Å². The third-order valence-electron chi connectivity index (χ3n) is 4.49. The minimum absolute atomic E-state index is 0.579. The van der Waals surface area contributed by atoms with Gasteiger partial charge in [0.2, 0.25) is 0 Å². The second-order valence-corrected chi connectivity index (χ2v) is 5.78. The first-order valence-electron chi connectivity index (χ1n) is 7.52. The number of aromatic nitrogens is 2. The molecule has 1 aromatic heterocycles. The lowest BCUT2D eigenvalue weighted by Gasteiger charge is -2.13. The third-order valence-corrected chi connectivity index (χ3v) is 4.49. The van der Waals surface area contributed by atoms with Crippen LogP contribution in [0.15, 0.2) is 67.0 Å². The van der Waals surface area contributed by atoms with Crippen LogP contribution in [0.25, 0.3) is 38.0 Å². The van der Waals surface area contributed by atoms with Crippen molar-refractivity contribution in [3.63, 3.8) is 0 Å². The molecule has 0 fully saturated rings. The first-order chi connectivity index (χ1) is 11.3. The first kappa shape index (κ1) is 12.4. The van der Waals surface area contributed by atoms with E-state index in [4.69, 9.17) is 0 Å². The summed E-state index contributed by atoms with van der Waals surface area (Å²) in [5.41, 5.74) is 1.57. The van der Waals surface area contributed by atoms with Gasteiger partial charge in [-0.25, -0.2) is 4.68 Å². The first-order valence-corrected chi connectivity index (χ1v) is 7.52. The van der Waals surface area contributed by atoms with Crippen LogP contribution in [-0.2, 0) is 0 Å². The summed E-state index contributed by atoms with van der Waals surface area (Å²) >= 11 is 0. The average Bonchev–Trinajstić information content (AvgIpc) is 3.08. The highest BCUT2D eigenvalue weighted by Gasteiger charge is 2.12. The van der Waals surface area contributed by atoms with Gasteiger partial charge in [-0.05, 0) is 33.0 Å². The average molecular weight is 296 g/mol. The Hall–Kier alpha value is -3.20. The maximum Gasteiger partial charge on any atom is 0.153 e. The number of carbonyl (C=O) groups excluding carboxylic acids is 1. The van der Waals surface area contributed by atoms with E-state index in [2.05, 4.69) is 59.7 Å². The standard InChI is InChI=1S/C20H12N2O/c23-12-13-10-21-22(11-13)18-9-7-16-5-4-14-2-1-3-15-6-8-17(18)20(16)19(14)15/h1-12H. The summed E-state index contributed by atoms with van der Waals surface area (Å²) in [4.78, 5) is 10.9. The molecule has 0 aliphatic heterocycles. The van der Waals surface area contributed by atoms with Gasteiger partial charge in [0.1, 0.15) is 0 Å². The second-order valence-electron chi connectivity index (χ2n) is 5.78. The van der Waals surface area contributed by atoms with Gasteiger partial charge in [0.25, 0.3) is 0 Å². The fourth-order valence-electron chi connectivity index (χ4n) is 3.45. The van der Waals surface area contributed by atoms with Crippen molar-refractivity contribution in [3.8, 4) is 5.69 Å². The van der Waals surface area contributed by atoms with Crippen LogP contribution in [0.3, 0.4) is 0 Å². The second kappa shape index (κ2) is 4.40. The topological polar surface area (TPSA) is 34.9 Å². The molecule has 3 nitrogen and oxygen atoms in total. The minimum atomic E-state index is 0.579. The van der Waals surface area contributed by atoms with E-state index < -0.39 is 0 Å². The minimum Gasteiger partial charge on any atom is -0.298 e. The van der Waals surface area contributed by atoms with E-state index in [0.717, 1.165) is 17.4 Å². The zero-order chi connectivity index (χ0) is 15.4. The summed E-state index contributed by atoms with van der Waals surface area (Å²) < 4.78 is 1.77. The monoisotopic (exact) mass is 296 g/mol. The Bertz CT molecular complexity index is 1170. The number of rotatable bonds is 2. The molecule has 23 heavy (non-hydrogen) atoms. The number of carbonyl (C=O) groups is 1. The fraction of sp³-hybridized carbons (Fsp3) is 0. The van der Waals surface area contributed by atoms with Gasteiger partial charge in [0.05, 0.1) is 17.4 Å². The molecule has 0 radical (unpaired) electrons. The molecule has 0 unspecified atom stereocenters. The molecule has 0 atom stereocenters. The SMILES string of the molecule is O=Cc1cnn(-c2ccc3ccc4cccc5ccc2c3c45)c1. The van der Waals surface area contributed by atoms with Crippen LogP contribution in [0, 0.1) is 0 Å². The van der Waals surface area contributed by atoms with Crippen LogP contribution in [0.2, 0.25) is 0 Å². The molecular formula is C20H12N2O. The molecule has 108 valence electrons. The Kier molecular flexibility index (Phi) is 2.36. The maximum absolute atomic E-state index is 10.9. The number of nitrogens with zero attached hydrogens (tertiary/aromatic N) is 2. The summed E-state index contributed by atoms with van der Waals surface area (Å²) in [5.74, 6) is 0. The van der Waals surface area contributed by atoms with E-state index in [1.807, 2.05) is 0 Å². The van der Waals surface area contributed by atoms with E-state index in [-0.39, 0.29) is 0 Å². The molecule has 0 aliphatic rings. The van der Waals surface area contributed by atoms with Crippen molar-refractivity contribution < 1.29 is 4.79 Å². The number of hydrogen-bond donors (Lipinski definition) is 0. The zero-order valence-corrected chi connectivity index (χ0v) is 12.2. The van der Waals surface area contributed by atoms with Gasteiger partial charge in [0, 0.05) is 11.6 Å². The molecule has 0 aliphatic carbocycles. The maximum atomic E-state index is 10.9. The molecule has 5 rings (SSSR count). The van der Waals surface area contributed by atoms with Gasteiger partial charge >= 0.3 is 0 Å². The van der Waals surface area contributed by atoms with Crippen molar-refractivity contribution in [1.82, 2.24) is 9.78 Å². The van der Waals surface area contributed by atoms with E-state index in [1.165, 1.54) is 26.9 Å². The van der Waals surface area contributed by atoms with Gasteiger partial charge < -0.3 is 0 Å². The summed E-state index contributed by atoms with van der Waals surface area (Å²) in [5, 5.41) is 11.7. The Balaban J connectivity index is 1.96. The van der Waals surface area contributed by atoms with E-state index in [0.29, 0.717) is 5.56 Å². The zero-order valence-electron chi connectivity index (χ0n) is 12.2. The van der Waals surface area contributed by atoms with Crippen LogP contribution in [0.1, 0.15) is 10.4 Å². The van der Waals surface area contributed by atoms with Crippen molar-refractivity contribution in [1.29, 1.82) is 0 Å². The highest BCUT2D eigenvalue weighted by atomic mass is 16.1. The quantitative estimate of drug-likeness (QED) is 0.353. The van der Waals surface area contributed by atoms with Gasteiger partial charge in [-0.1, -0.05) is 48.5 Å². The van der Waals surface area contributed by atoms with E-state index in [9.17, 15) is 4.79 Å². The Morgan fingerprint density at radius 1 is 0.826 bits per heavy atom. The highest BCUT2D eigenvalue weighted by molar-refractivity contribution is 6.24. The van der Waals surface area contributed by atoms with Gasteiger partial charge in [-0.15, -0.1) is 0 Å². The van der Waals surface area contributed by atoms with Gasteiger partial charge in [-0.2, -0.15) is 5.10 Å². The van der Waals surface area contributed by atoms with Crippen molar-refractivity contribution >= 4 is 38.6 Å². The third kappa shape index (κ3) is 1.64. The summed E-state index contributed by atoms with van der Waals surface area (Å²) in [6, 6.07) is 19.2. The summed E-state index contributed by atoms with van der Waals surface area (Å²) in [6.07, 6.45) is 4.17. The van der Waals surface area contributed by atoms with Crippen LogP contribution >= 0.6 is 0 Å². The van der Waals surface area contributed by atoms with Crippen LogP contribution in [0.5, 0.6) is 0 Å². The molecule has 0 bridgehead atoms. The van der Waals surface area contributed by atoms with Crippen molar-refractivity contribution in [3.05, 3.63) is 72.6 Å².